The summed E-state index contributed by atoms with van der Waals surface area (Å²) < 4.78 is 40.9. The molecule has 3 rings (SSSR count). The van der Waals surface area contributed by atoms with Gasteiger partial charge in [0.2, 0.25) is 5.91 Å². The monoisotopic (exact) mass is 331 g/mol. The van der Waals surface area contributed by atoms with Crippen LogP contribution in [0.15, 0.2) is 6.20 Å². The molecule has 2 aliphatic rings. The van der Waals surface area contributed by atoms with Crippen molar-refractivity contribution in [1.82, 2.24) is 25.3 Å². The summed E-state index contributed by atoms with van der Waals surface area (Å²) in [5, 5.41) is 10.2. The number of fused-ring (bicyclic) bond motifs is 1. The van der Waals surface area contributed by atoms with Crippen molar-refractivity contribution in [1.29, 1.82) is 0 Å². The largest absolute Gasteiger partial charge is 0.393 e. The van der Waals surface area contributed by atoms with E-state index in [1.165, 1.54) is 4.90 Å². The van der Waals surface area contributed by atoms with Crippen LogP contribution in [-0.2, 0) is 24.4 Å². The quantitative estimate of drug-likeness (QED) is 0.839. The molecular weight excluding hydrogens is 311 g/mol. The van der Waals surface area contributed by atoms with Crippen molar-refractivity contribution in [2.24, 2.45) is 11.8 Å². The fourth-order valence-electron chi connectivity index (χ4n) is 3.27. The minimum atomic E-state index is -4.36. The van der Waals surface area contributed by atoms with Crippen LogP contribution in [0.4, 0.5) is 13.2 Å². The van der Waals surface area contributed by atoms with Gasteiger partial charge in [-0.3, -0.25) is 9.48 Å². The van der Waals surface area contributed by atoms with Gasteiger partial charge in [-0.2, -0.15) is 18.3 Å². The van der Waals surface area contributed by atoms with E-state index in [1.54, 1.807) is 13.2 Å². The van der Waals surface area contributed by atoms with E-state index in [0.29, 0.717) is 6.54 Å². The smallest absolute Gasteiger partial charge is 0.341 e. The van der Waals surface area contributed by atoms with Gasteiger partial charge in [0.05, 0.1) is 30.3 Å². The van der Waals surface area contributed by atoms with Crippen LogP contribution in [0.5, 0.6) is 0 Å². The lowest BCUT2D eigenvalue weighted by atomic mass is 9.94. The molecule has 0 aromatic carbocycles. The fourth-order valence-corrected chi connectivity index (χ4v) is 3.27. The number of nitrogens with zero attached hydrogens (tertiary/aromatic N) is 3. The van der Waals surface area contributed by atoms with Gasteiger partial charge in [-0.15, -0.1) is 0 Å². The predicted octanol–water partition coefficient (Wildman–Crippen LogP) is 0.343. The molecule has 2 N–H and O–H groups in total. The predicted molar refractivity (Wildman–Crippen MR) is 76.3 cm³/mol. The standard InChI is InChI=1S/C14H20F3N5O/c1-21(8-9-4-20-22-3-2-18-7-12(9)22)13(23)10-5-19-6-11(10)14(15,16)17/h4,10-11,18-19H,2-3,5-8H2,1H3/t10-,11-/m1/s1. The van der Waals surface area contributed by atoms with Crippen molar-refractivity contribution in [3.8, 4) is 0 Å². The molecular formula is C14H20F3N5O. The Labute approximate surface area is 132 Å². The Kier molecular flexibility index (Phi) is 4.33. The van der Waals surface area contributed by atoms with Crippen molar-refractivity contribution in [2.75, 3.05) is 26.7 Å². The van der Waals surface area contributed by atoms with Gasteiger partial charge >= 0.3 is 6.18 Å². The highest BCUT2D eigenvalue weighted by Crippen LogP contribution is 2.35. The van der Waals surface area contributed by atoms with Crippen LogP contribution in [0.2, 0.25) is 0 Å². The van der Waals surface area contributed by atoms with E-state index in [-0.39, 0.29) is 19.6 Å². The lowest BCUT2D eigenvalue weighted by Crippen LogP contribution is -2.41. The van der Waals surface area contributed by atoms with E-state index < -0.39 is 23.9 Å². The lowest BCUT2D eigenvalue weighted by Gasteiger charge is -2.26. The third-order valence-electron chi connectivity index (χ3n) is 4.56. The van der Waals surface area contributed by atoms with Crippen LogP contribution >= 0.6 is 0 Å². The second-order valence-electron chi connectivity index (χ2n) is 6.12. The van der Waals surface area contributed by atoms with Crippen LogP contribution in [0, 0.1) is 11.8 Å². The zero-order valence-corrected chi connectivity index (χ0v) is 12.9. The first-order chi connectivity index (χ1) is 10.9. The van der Waals surface area contributed by atoms with E-state index in [2.05, 4.69) is 15.7 Å². The number of halogens is 3. The summed E-state index contributed by atoms with van der Waals surface area (Å²) in [5.74, 6) is -3.13. The van der Waals surface area contributed by atoms with Gasteiger partial charge in [0.15, 0.2) is 0 Å². The molecule has 0 saturated carbocycles. The third kappa shape index (κ3) is 3.20. The normalized spacial score (nSPS) is 24.5. The van der Waals surface area contributed by atoms with Crippen LogP contribution in [0.1, 0.15) is 11.3 Å². The van der Waals surface area contributed by atoms with Crippen molar-refractivity contribution >= 4 is 5.91 Å². The average Bonchev–Trinajstić information content (AvgIpc) is 3.13. The minimum absolute atomic E-state index is 0.0705. The number of alkyl halides is 3. The number of aromatic nitrogens is 2. The van der Waals surface area contributed by atoms with Gasteiger partial charge in [0.1, 0.15) is 0 Å². The summed E-state index contributed by atoms with van der Waals surface area (Å²) in [5.41, 5.74) is 1.87. The molecule has 3 heterocycles. The second-order valence-corrected chi connectivity index (χ2v) is 6.12. The van der Waals surface area contributed by atoms with Crippen LogP contribution < -0.4 is 10.6 Å². The summed E-state index contributed by atoms with van der Waals surface area (Å²) in [4.78, 5) is 13.8. The molecule has 128 valence electrons. The minimum Gasteiger partial charge on any atom is -0.341 e. The molecule has 1 fully saturated rings. The molecule has 0 spiro atoms. The molecule has 0 bridgehead atoms. The van der Waals surface area contributed by atoms with Gasteiger partial charge in [0.25, 0.3) is 0 Å². The Bertz CT molecular complexity index is 585. The summed E-state index contributed by atoms with van der Waals surface area (Å²) in [7, 11) is 1.55. The maximum Gasteiger partial charge on any atom is 0.393 e. The van der Waals surface area contributed by atoms with Gasteiger partial charge in [-0.25, -0.2) is 0 Å². The highest BCUT2D eigenvalue weighted by Gasteiger charge is 2.50. The first-order valence-corrected chi connectivity index (χ1v) is 7.64. The molecule has 1 amide bonds. The Hall–Kier alpha value is -1.61. The Balaban J connectivity index is 1.69. The van der Waals surface area contributed by atoms with E-state index in [4.69, 9.17) is 0 Å². The number of hydrogen-bond acceptors (Lipinski definition) is 4. The third-order valence-corrected chi connectivity index (χ3v) is 4.56. The van der Waals surface area contributed by atoms with Crippen molar-refractivity contribution in [2.45, 2.75) is 25.8 Å². The summed E-state index contributed by atoms with van der Waals surface area (Å²) in [6.07, 6.45) is -2.66. The zero-order chi connectivity index (χ0) is 16.6. The molecule has 23 heavy (non-hydrogen) atoms. The van der Waals surface area contributed by atoms with E-state index in [1.807, 2.05) is 4.68 Å². The molecule has 9 heteroatoms. The SMILES string of the molecule is CN(Cc1cnn2c1CNCC2)C(=O)[C@@H]1CNC[C@H]1C(F)(F)F. The zero-order valence-electron chi connectivity index (χ0n) is 12.9. The van der Waals surface area contributed by atoms with E-state index >= 15 is 0 Å². The lowest BCUT2D eigenvalue weighted by molar-refractivity contribution is -0.184. The maximum absolute atomic E-state index is 13.0. The van der Waals surface area contributed by atoms with Crippen LogP contribution in [0.3, 0.4) is 0 Å². The number of amides is 1. The molecule has 2 aliphatic heterocycles. The average molecular weight is 331 g/mol. The van der Waals surface area contributed by atoms with Crippen LogP contribution in [0.25, 0.3) is 0 Å². The molecule has 1 saturated heterocycles. The number of hydrogen-bond donors (Lipinski definition) is 2. The van der Waals surface area contributed by atoms with Crippen LogP contribution in [-0.4, -0.2) is 53.4 Å². The fraction of sp³-hybridized carbons (Fsp3) is 0.714. The first-order valence-electron chi connectivity index (χ1n) is 7.64. The summed E-state index contributed by atoms with van der Waals surface area (Å²) in [6.45, 7) is 2.41. The number of carbonyl (C=O) groups is 1. The second kappa shape index (κ2) is 6.12. The maximum atomic E-state index is 13.0. The number of nitrogens with one attached hydrogen (secondary N) is 2. The molecule has 6 nitrogen and oxygen atoms in total. The Morgan fingerprint density at radius 2 is 2.22 bits per heavy atom. The summed E-state index contributed by atoms with van der Waals surface area (Å²) in [6, 6.07) is 0. The first kappa shape index (κ1) is 16.3. The van der Waals surface area contributed by atoms with Gasteiger partial charge < -0.3 is 15.5 Å². The Morgan fingerprint density at radius 3 is 2.96 bits per heavy atom. The van der Waals surface area contributed by atoms with Crippen molar-refractivity contribution < 1.29 is 18.0 Å². The molecule has 0 radical (unpaired) electrons. The molecule has 2 atom stereocenters. The molecule has 0 aliphatic carbocycles. The van der Waals surface area contributed by atoms with E-state index in [0.717, 1.165) is 24.3 Å². The Morgan fingerprint density at radius 1 is 1.43 bits per heavy atom. The highest BCUT2D eigenvalue weighted by atomic mass is 19.4. The van der Waals surface area contributed by atoms with Gasteiger partial charge in [-0.1, -0.05) is 0 Å². The highest BCUT2D eigenvalue weighted by molar-refractivity contribution is 5.79. The molecule has 0 unspecified atom stereocenters. The topological polar surface area (TPSA) is 62.2 Å². The van der Waals surface area contributed by atoms with Gasteiger partial charge in [-0.05, 0) is 0 Å². The van der Waals surface area contributed by atoms with Crippen molar-refractivity contribution in [3.63, 3.8) is 0 Å². The van der Waals surface area contributed by atoms with Gasteiger partial charge in [0, 0.05) is 45.3 Å². The molecule has 1 aromatic rings. The number of carbonyl (C=O) groups excluding carboxylic acids is 1. The number of rotatable bonds is 3. The van der Waals surface area contributed by atoms with E-state index in [9.17, 15) is 18.0 Å². The summed E-state index contributed by atoms with van der Waals surface area (Å²) >= 11 is 0. The van der Waals surface area contributed by atoms with Crippen molar-refractivity contribution in [3.05, 3.63) is 17.5 Å². The molecule has 1 aromatic heterocycles.